The Bertz CT molecular complexity index is 1110. The van der Waals surface area contributed by atoms with Crippen molar-refractivity contribution in [3.8, 4) is 0 Å². The standard InChI is InChI=1S/C23H38N2O3S.C11H16O/c1-2-3-4-5-6-7-8-9-10-11-13-20-15-17-21(18-16-20)29(27,28)25-23(26)22-14-12-19-24-22;1-6-10-8-4-3-7(5-9(8)12)11(6,10)2/h15-18,22,24H,2-14,19H2,1H3,(H,25,26);6-8,10H,3-5H2,1-2H3/t22-;/m0./s1. The highest BCUT2D eigenvalue weighted by Crippen LogP contribution is 2.73. The van der Waals surface area contributed by atoms with E-state index in [-0.39, 0.29) is 4.90 Å². The fourth-order valence-corrected chi connectivity index (χ4v) is 9.01. The number of fused-ring (bicyclic) bond motifs is 2. The van der Waals surface area contributed by atoms with E-state index in [1.165, 1.54) is 70.6 Å². The number of carbonyl (C=O) groups excluding carboxylic acids is 2. The predicted molar refractivity (Wildman–Crippen MR) is 165 cm³/mol. The number of aryl methyl sites for hydroxylation is 1. The van der Waals surface area contributed by atoms with Crippen LogP contribution in [0.25, 0.3) is 0 Å². The van der Waals surface area contributed by atoms with Gasteiger partial charge in [-0.2, -0.15) is 0 Å². The molecule has 41 heavy (non-hydrogen) atoms. The summed E-state index contributed by atoms with van der Waals surface area (Å²) < 4.78 is 27.0. The summed E-state index contributed by atoms with van der Waals surface area (Å²) in [5.74, 6) is 2.94. The summed E-state index contributed by atoms with van der Waals surface area (Å²) in [7, 11) is -3.80. The molecule has 1 aromatic rings. The van der Waals surface area contributed by atoms with E-state index in [9.17, 15) is 18.0 Å². The summed E-state index contributed by atoms with van der Waals surface area (Å²) in [4.78, 5) is 23.8. The number of rotatable bonds is 14. The Morgan fingerprint density at radius 3 is 2.12 bits per heavy atom. The summed E-state index contributed by atoms with van der Waals surface area (Å²) >= 11 is 0. The van der Waals surface area contributed by atoms with Crippen LogP contribution in [-0.2, 0) is 26.0 Å². The Labute approximate surface area is 249 Å². The minimum absolute atomic E-state index is 0.149. The van der Waals surface area contributed by atoms with Gasteiger partial charge in [-0.25, -0.2) is 13.1 Å². The molecule has 5 unspecified atom stereocenters. The molecule has 6 atom stereocenters. The van der Waals surface area contributed by atoms with Crippen LogP contribution in [0.5, 0.6) is 0 Å². The molecule has 230 valence electrons. The molecular formula is C34H54N2O4S. The zero-order valence-corrected chi connectivity index (χ0v) is 26.6. The van der Waals surface area contributed by atoms with Gasteiger partial charge < -0.3 is 5.32 Å². The van der Waals surface area contributed by atoms with Gasteiger partial charge in [0, 0.05) is 12.3 Å². The average molecular weight is 587 g/mol. The van der Waals surface area contributed by atoms with Crippen molar-refractivity contribution in [2.24, 2.45) is 29.1 Å². The van der Waals surface area contributed by atoms with Crippen LogP contribution < -0.4 is 10.0 Å². The molecule has 1 aromatic carbocycles. The van der Waals surface area contributed by atoms with Gasteiger partial charge in [0.25, 0.3) is 15.9 Å². The molecule has 1 heterocycles. The van der Waals surface area contributed by atoms with Crippen LogP contribution in [0.1, 0.15) is 123 Å². The van der Waals surface area contributed by atoms with Crippen LogP contribution in [0.3, 0.4) is 0 Å². The van der Waals surface area contributed by atoms with Crippen molar-refractivity contribution >= 4 is 21.7 Å². The van der Waals surface area contributed by atoms with E-state index in [0.717, 1.165) is 55.5 Å². The second kappa shape index (κ2) is 14.6. The lowest BCUT2D eigenvalue weighted by Gasteiger charge is -2.39. The van der Waals surface area contributed by atoms with Crippen molar-refractivity contribution in [2.75, 3.05) is 6.54 Å². The highest BCUT2D eigenvalue weighted by molar-refractivity contribution is 7.90. The van der Waals surface area contributed by atoms with Crippen LogP contribution in [0.4, 0.5) is 0 Å². The Balaban J connectivity index is 0.000000262. The normalized spacial score (nSPS) is 29.9. The first-order chi connectivity index (χ1) is 19.7. The summed E-state index contributed by atoms with van der Waals surface area (Å²) in [5, 5.41) is 3.02. The molecule has 0 aromatic heterocycles. The van der Waals surface area contributed by atoms with Gasteiger partial charge in [0.1, 0.15) is 5.78 Å². The van der Waals surface area contributed by atoms with E-state index in [4.69, 9.17) is 0 Å². The molecule has 1 saturated heterocycles. The quantitative estimate of drug-likeness (QED) is 0.230. The molecular weight excluding hydrogens is 532 g/mol. The molecule has 1 aliphatic heterocycles. The molecule has 5 aliphatic rings. The van der Waals surface area contributed by atoms with Crippen LogP contribution in [-0.4, -0.2) is 32.7 Å². The van der Waals surface area contributed by atoms with E-state index in [1.807, 2.05) is 12.1 Å². The molecule has 4 aliphatic carbocycles. The monoisotopic (exact) mass is 586 g/mol. The third-order valence-corrected chi connectivity index (χ3v) is 12.2. The number of ketones is 1. The predicted octanol–water partition coefficient (Wildman–Crippen LogP) is 6.96. The topological polar surface area (TPSA) is 92.3 Å². The van der Waals surface area contributed by atoms with Crippen LogP contribution in [0.2, 0.25) is 0 Å². The number of hydrogen-bond donors (Lipinski definition) is 2. The molecule has 6 rings (SSSR count). The Hall–Kier alpha value is -1.73. The highest BCUT2D eigenvalue weighted by atomic mass is 32.2. The Morgan fingerprint density at radius 1 is 0.951 bits per heavy atom. The third kappa shape index (κ3) is 8.01. The molecule has 0 spiro atoms. The summed E-state index contributed by atoms with van der Waals surface area (Å²) in [6.07, 6.45) is 19.1. The van der Waals surface area contributed by atoms with Crippen molar-refractivity contribution in [2.45, 2.75) is 134 Å². The fraction of sp³-hybridized carbons (Fsp3) is 0.765. The minimum Gasteiger partial charge on any atom is -0.306 e. The number of nitrogens with one attached hydrogen (secondary N) is 2. The molecule has 2 bridgehead atoms. The van der Waals surface area contributed by atoms with Gasteiger partial charge in [-0.15, -0.1) is 0 Å². The summed E-state index contributed by atoms with van der Waals surface area (Å²) in [5.41, 5.74) is 1.73. The first kappa shape index (κ1) is 32.2. The largest absolute Gasteiger partial charge is 0.306 e. The number of unbranched alkanes of at least 4 members (excludes halogenated alkanes) is 9. The Morgan fingerprint density at radius 2 is 1.59 bits per heavy atom. The zero-order chi connectivity index (χ0) is 29.5. The second-order valence-corrected chi connectivity index (χ2v) is 15.1. The maximum atomic E-state index is 12.4. The van der Waals surface area contributed by atoms with E-state index >= 15 is 0 Å². The minimum atomic E-state index is -3.80. The first-order valence-corrected chi connectivity index (χ1v) is 18.1. The maximum Gasteiger partial charge on any atom is 0.264 e. The summed E-state index contributed by atoms with van der Waals surface area (Å²) in [6, 6.07) is 6.52. The molecule has 0 radical (unpaired) electrons. The van der Waals surface area contributed by atoms with E-state index in [1.54, 1.807) is 12.1 Å². The van der Waals surface area contributed by atoms with Crippen LogP contribution in [0.15, 0.2) is 29.2 Å². The van der Waals surface area contributed by atoms with E-state index in [0.29, 0.717) is 23.5 Å². The first-order valence-electron chi connectivity index (χ1n) is 16.6. The smallest absolute Gasteiger partial charge is 0.264 e. The van der Waals surface area contributed by atoms with Crippen LogP contribution in [0, 0.1) is 29.1 Å². The number of hydrogen-bond acceptors (Lipinski definition) is 5. The zero-order valence-electron chi connectivity index (χ0n) is 25.8. The highest BCUT2D eigenvalue weighted by Gasteiger charge is 2.70. The molecule has 2 N–H and O–H groups in total. The summed E-state index contributed by atoms with van der Waals surface area (Å²) in [6.45, 7) is 7.76. The van der Waals surface area contributed by atoms with E-state index < -0.39 is 22.0 Å². The number of amides is 1. The SMILES string of the molecule is CC1C2C3CCC(CC3=O)C12C.CCCCCCCCCCCCc1ccc(S(=O)(=O)NC(=O)[C@@H]2CCCN2)cc1. The van der Waals surface area contributed by atoms with Crippen molar-refractivity contribution < 1.29 is 18.0 Å². The van der Waals surface area contributed by atoms with Gasteiger partial charge in [0.2, 0.25) is 0 Å². The van der Waals surface area contributed by atoms with Crippen LogP contribution >= 0.6 is 0 Å². The van der Waals surface area contributed by atoms with Crippen molar-refractivity contribution in [3.05, 3.63) is 29.8 Å². The number of benzene rings is 1. The lowest BCUT2D eigenvalue weighted by atomic mass is 9.64. The fourth-order valence-electron chi connectivity index (χ4n) is 7.99. The van der Waals surface area contributed by atoms with Gasteiger partial charge in [0.05, 0.1) is 10.9 Å². The second-order valence-electron chi connectivity index (χ2n) is 13.4. The van der Waals surface area contributed by atoms with Crippen molar-refractivity contribution in [1.82, 2.24) is 10.0 Å². The van der Waals surface area contributed by atoms with Crippen molar-refractivity contribution in [3.63, 3.8) is 0 Å². The molecule has 4 saturated carbocycles. The van der Waals surface area contributed by atoms with Gasteiger partial charge in [0.15, 0.2) is 0 Å². The molecule has 1 amide bonds. The maximum absolute atomic E-state index is 12.4. The van der Waals surface area contributed by atoms with Crippen molar-refractivity contribution in [1.29, 1.82) is 0 Å². The number of sulfonamides is 1. The Kier molecular flexibility index (Phi) is 11.5. The lowest BCUT2D eigenvalue weighted by molar-refractivity contribution is -0.131. The van der Waals surface area contributed by atoms with E-state index in [2.05, 4.69) is 30.8 Å². The molecule has 7 heteroatoms. The van der Waals surface area contributed by atoms with Gasteiger partial charge in [-0.05, 0) is 85.9 Å². The third-order valence-electron chi connectivity index (χ3n) is 10.8. The van der Waals surface area contributed by atoms with Gasteiger partial charge in [-0.1, -0.05) is 90.7 Å². The number of Topliss-reactive ketones (excluding diaryl/α,β-unsaturated/α-hetero) is 1. The average Bonchev–Trinajstić information content (AvgIpc) is 3.29. The molecule has 6 nitrogen and oxygen atoms in total. The molecule has 5 fully saturated rings. The number of carbonyl (C=O) groups is 2. The lowest BCUT2D eigenvalue weighted by Crippen LogP contribution is -2.43. The van der Waals surface area contributed by atoms with Gasteiger partial charge in [-0.3, -0.25) is 9.59 Å². The van der Waals surface area contributed by atoms with Gasteiger partial charge >= 0.3 is 0 Å².